The van der Waals surface area contributed by atoms with Gasteiger partial charge in [-0.05, 0) is 97.6 Å². The molecular formula is C38H44N6O4S. The van der Waals surface area contributed by atoms with Gasteiger partial charge < -0.3 is 9.64 Å². The zero-order chi connectivity index (χ0) is 34.6. The standard InChI is InChI=1S/C38H44N6O4S/c1-24-9-6-10-25(2)34(24)31-16-33-42-36(41-31)43-49(46,47)30-12-7-11-26(15-30)35(45)44(29(23-48-33)19-37(3,4)5)22-32-39-20-28(21-40-32)27-17-38(18-27)13-8-14-38/h6-7,9-12,15-16,20-21,27,29H,8,13-14,17-19,22-23H2,1-5H3,(H,41,42,43)/t29-/m1/s1. The van der Waals surface area contributed by atoms with E-state index in [4.69, 9.17) is 14.7 Å². The Morgan fingerprint density at radius 2 is 1.67 bits per heavy atom. The van der Waals surface area contributed by atoms with E-state index in [0.717, 1.165) is 22.3 Å². The summed E-state index contributed by atoms with van der Waals surface area (Å²) in [5, 5.41) is 0. The summed E-state index contributed by atoms with van der Waals surface area (Å²) in [6, 6.07) is 13.3. The Bertz CT molecular complexity index is 1980. The molecule has 1 N–H and O–H groups in total. The van der Waals surface area contributed by atoms with Crippen LogP contribution < -0.4 is 9.46 Å². The van der Waals surface area contributed by atoms with Crippen molar-refractivity contribution in [2.24, 2.45) is 10.8 Å². The summed E-state index contributed by atoms with van der Waals surface area (Å²) in [7, 11) is -4.16. The molecule has 3 aliphatic rings. The Kier molecular flexibility index (Phi) is 8.45. The number of carbonyl (C=O) groups excluding carboxylic acids is 1. The molecule has 7 rings (SSSR count). The van der Waals surface area contributed by atoms with Crippen LogP contribution in [0.15, 0.2) is 65.8 Å². The zero-order valence-electron chi connectivity index (χ0n) is 28.9. The number of nitrogens with one attached hydrogen (secondary N) is 1. The van der Waals surface area contributed by atoms with Gasteiger partial charge in [-0.25, -0.2) is 28.1 Å². The van der Waals surface area contributed by atoms with E-state index in [-0.39, 0.29) is 46.8 Å². The molecule has 1 amide bonds. The van der Waals surface area contributed by atoms with E-state index in [1.165, 1.54) is 44.2 Å². The molecule has 3 heterocycles. The highest BCUT2D eigenvalue weighted by Gasteiger charge is 2.48. The number of aromatic nitrogens is 4. The highest BCUT2D eigenvalue weighted by Crippen LogP contribution is 2.61. The van der Waals surface area contributed by atoms with Gasteiger partial charge in [0.05, 0.1) is 23.2 Å². The Balaban J connectivity index is 1.27. The van der Waals surface area contributed by atoms with Crippen molar-refractivity contribution < 1.29 is 17.9 Å². The van der Waals surface area contributed by atoms with E-state index in [1.807, 2.05) is 44.4 Å². The summed E-state index contributed by atoms with van der Waals surface area (Å²) in [5.74, 6) is 0.770. The van der Waals surface area contributed by atoms with Gasteiger partial charge in [-0.15, -0.1) is 0 Å². The van der Waals surface area contributed by atoms with Crippen LogP contribution in [0.2, 0.25) is 0 Å². The molecule has 1 spiro atoms. The smallest absolute Gasteiger partial charge is 0.264 e. The van der Waals surface area contributed by atoms with Crippen LogP contribution in [0.5, 0.6) is 5.88 Å². The number of hydrogen-bond donors (Lipinski definition) is 1. The maximum Gasteiger partial charge on any atom is 0.264 e. The molecule has 2 aromatic carbocycles. The second-order valence-corrected chi connectivity index (χ2v) is 17.1. The van der Waals surface area contributed by atoms with Crippen LogP contribution in [-0.2, 0) is 16.6 Å². The van der Waals surface area contributed by atoms with Gasteiger partial charge in [0.2, 0.25) is 11.8 Å². The minimum Gasteiger partial charge on any atom is -0.475 e. The topological polar surface area (TPSA) is 127 Å². The summed E-state index contributed by atoms with van der Waals surface area (Å²) in [4.78, 5) is 34.7. The Labute approximate surface area is 288 Å². The second-order valence-electron chi connectivity index (χ2n) is 15.4. The first-order chi connectivity index (χ1) is 23.3. The first-order valence-corrected chi connectivity index (χ1v) is 18.6. The van der Waals surface area contributed by atoms with Crippen LogP contribution in [0.3, 0.4) is 0 Å². The van der Waals surface area contributed by atoms with E-state index in [0.29, 0.717) is 29.3 Å². The molecule has 2 aromatic heterocycles. The number of ether oxygens (including phenoxy) is 1. The first kappa shape index (κ1) is 33.1. The summed E-state index contributed by atoms with van der Waals surface area (Å²) in [5.41, 5.74) is 5.13. The van der Waals surface area contributed by atoms with Gasteiger partial charge in [-0.2, -0.15) is 4.98 Å². The van der Waals surface area contributed by atoms with Gasteiger partial charge in [0, 0.05) is 29.6 Å². The number of nitrogens with zero attached hydrogens (tertiary/aromatic N) is 5. The monoisotopic (exact) mass is 680 g/mol. The summed E-state index contributed by atoms with van der Waals surface area (Å²) in [6.07, 6.45) is 10.8. The van der Waals surface area contributed by atoms with Gasteiger partial charge in [0.25, 0.3) is 15.9 Å². The predicted octanol–water partition coefficient (Wildman–Crippen LogP) is 7.24. The minimum atomic E-state index is -4.16. The van der Waals surface area contributed by atoms with E-state index >= 15 is 0 Å². The lowest BCUT2D eigenvalue weighted by atomic mass is 9.51. The first-order valence-electron chi connectivity index (χ1n) is 17.1. The van der Waals surface area contributed by atoms with Crippen molar-refractivity contribution in [2.75, 3.05) is 11.3 Å². The lowest BCUT2D eigenvalue weighted by molar-refractivity contribution is 0.00874. The van der Waals surface area contributed by atoms with Crippen molar-refractivity contribution in [1.29, 1.82) is 0 Å². The molecule has 2 fully saturated rings. The van der Waals surface area contributed by atoms with Crippen LogP contribution in [0.1, 0.15) is 98.1 Å². The van der Waals surface area contributed by atoms with E-state index in [9.17, 15) is 13.2 Å². The molecule has 10 nitrogen and oxygen atoms in total. The number of rotatable bonds is 5. The second kappa shape index (κ2) is 12.5. The van der Waals surface area contributed by atoms with Gasteiger partial charge in [-0.3, -0.25) is 4.79 Å². The Morgan fingerprint density at radius 1 is 0.980 bits per heavy atom. The number of aryl methyl sites for hydroxylation is 2. The summed E-state index contributed by atoms with van der Waals surface area (Å²) in [6.45, 7) is 10.6. The number of hydrogen-bond acceptors (Lipinski definition) is 8. The Hall–Kier alpha value is -4.38. The maximum absolute atomic E-state index is 14.4. The summed E-state index contributed by atoms with van der Waals surface area (Å²) >= 11 is 0. The highest BCUT2D eigenvalue weighted by atomic mass is 32.2. The molecule has 0 unspecified atom stereocenters. The van der Waals surface area contributed by atoms with Crippen LogP contribution in [0, 0.1) is 24.7 Å². The fourth-order valence-electron chi connectivity index (χ4n) is 7.66. The van der Waals surface area contributed by atoms with E-state index < -0.39 is 16.1 Å². The van der Waals surface area contributed by atoms with Crippen molar-refractivity contribution >= 4 is 21.9 Å². The van der Waals surface area contributed by atoms with Gasteiger partial charge in [0.1, 0.15) is 12.4 Å². The molecule has 1 aliphatic heterocycles. The fraction of sp³-hybridized carbons (Fsp3) is 0.447. The lowest BCUT2D eigenvalue weighted by Crippen LogP contribution is -2.45. The number of anilines is 1. The molecule has 49 heavy (non-hydrogen) atoms. The third-order valence-corrected chi connectivity index (χ3v) is 11.6. The number of fused-ring (bicyclic) bond motifs is 4. The Morgan fingerprint density at radius 3 is 2.33 bits per heavy atom. The fourth-order valence-corrected chi connectivity index (χ4v) is 8.65. The molecule has 256 valence electrons. The quantitative estimate of drug-likeness (QED) is 0.234. The van der Waals surface area contributed by atoms with E-state index in [2.05, 4.69) is 35.5 Å². The lowest BCUT2D eigenvalue weighted by Gasteiger charge is -2.54. The largest absolute Gasteiger partial charge is 0.475 e. The molecule has 11 heteroatoms. The van der Waals surface area contributed by atoms with Crippen molar-refractivity contribution in [2.45, 2.75) is 96.5 Å². The maximum atomic E-state index is 14.4. The number of sulfonamides is 1. The molecule has 4 bridgehead atoms. The van der Waals surface area contributed by atoms with E-state index in [1.54, 1.807) is 23.1 Å². The van der Waals surface area contributed by atoms with Crippen LogP contribution in [0.25, 0.3) is 11.3 Å². The highest BCUT2D eigenvalue weighted by molar-refractivity contribution is 7.92. The van der Waals surface area contributed by atoms with Crippen molar-refractivity contribution in [1.82, 2.24) is 24.8 Å². The average Bonchev–Trinajstić information content (AvgIpc) is 3.00. The van der Waals surface area contributed by atoms with Crippen molar-refractivity contribution in [3.05, 3.63) is 89.0 Å². The number of carbonyl (C=O) groups is 1. The van der Waals surface area contributed by atoms with Crippen LogP contribution in [0.4, 0.5) is 5.95 Å². The molecule has 0 saturated heterocycles. The van der Waals surface area contributed by atoms with Crippen molar-refractivity contribution in [3.63, 3.8) is 0 Å². The molecule has 1 atom stereocenters. The molecular weight excluding hydrogens is 637 g/mol. The minimum absolute atomic E-state index is 0.0706. The third kappa shape index (κ3) is 6.90. The molecule has 4 aromatic rings. The predicted molar refractivity (Wildman–Crippen MR) is 188 cm³/mol. The van der Waals surface area contributed by atoms with Gasteiger partial charge in [-0.1, -0.05) is 51.5 Å². The van der Waals surface area contributed by atoms with Crippen LogP contribution in [-0.4, -0.2) is 51.8 Å². The number of benzene rings is 2. The zero-order valence-corrected chi connectivity index (χ0v) is 29.7. The summed E-state index contributed by atoms with van der Waals surface area (Å²) < 4.78 is 36.3. The average molecular weight is 681 g/mol. The van der Waals surface area contributed by atoms with Crippen molar-refractivity contribution in [3.8, 4) is 17.1 Å². The molecule has 2 aliphatic carbocycles. The molecule has 2 saturated carbocycles. The SMILES string of the molecule is Cc1cccc(C)c1-c1cc2nc(n1)NS(=O)(=O)c1cccc(c1)C(=O)N(Cc1ncc(C3CC4(CCC4)C3)cn1)[C@H](CC(C)(C)C)CO2. The van der Waals surface area contributed by atoms with Crippen LogP contribution >= 0.6 is 0 Å². The normalized spacial score (nSPS) is 20.1. The number of amides is 1. The molecule has 0 radical (unpaired) electrons. The van der Waals surface area contributed by atoms with Gasteiger partial charge >= 0.3 is 0 Å². The van der Waals surface area contributed by atoms with Gasteiger partial charge in [0.15, 0.2) is 0 Å². The third-order valence-electron chi connectivity index (χ3n) is 10.3.